The first-order valence-corrected chi connectivity index (χ1v) is 16.7. The van der Waals surface area contributed by atoms with Crippen LogP contribution in [0.25, 0.3) is 0 Å². The fourth-order valence-electron chi connectivity index (χ4n) is 3.61. The number of hydrogen-bond acceptors (Lipinski definition) is 1. The third-order valence-corrected chi connectivity index (χ3v) is 21.0. The van der Waals surface area contributed by atoms with Crippen molar-refractivity contribution in [1.29, 1.82) is 0 Å². The van der Waals surface area contributed by atoms with E-state index in [4.69, 9.17) is 0 Å². The van der Waals surface area contributed by atoms with Crippen molar-refractivity contribution in [2.75, 3.05) is 0 Å². The summed E-state index contributed by atoms with van der Waals surface area (Å²) in [4.78, 5) is 11.3. The molecule has 2 heteroatoms. The van der Waals surface area contributed by atoms with E-state index in [1.165, 1.54) is 57.4 Å². The van der Waals surface area contributed by atoms with Gasteiger partial charge in [-0.25, -0.2) is 0 Å². The molecule has 0 radical (unpaired) electrons. The van der Waals surface area contributed by atoms with E-state index >= 15 is 0 Å². The van der Waals surface area contributed by atoms with Gasteiger partial charge in [0.15, 0.2) is 0 Å². The van der Waals surface area contributed by atoms with Crippen molar-refractivity contribution in [1.82, 2.24) is 0 Å². The first-order chi connectivity index (χ1) is 10.6. The molecule has 1 nitrogen and oxygen atoms in total. The van der Waals surface area contributed by atoms with E-state index in [-0.39, 0.29) is 0 Å². The summed E-state index contributed by atoms with van der Waals surface area (Å²) in [6.07, 6.45) is 9.02. The number of carbonyl (C=O) groups is 1. The van der Waals surface area contributed by atoms with Crippen LogP contribution < -0.4 is 3.58 Å². The van der Waals surface area contributed by atoms with Gasteiger partial charge in [-0.3, -0.25) is 0 Å². The maximum absolute atomic E-state index is 11.3. The zero-order valence-electron chi connectivity index (χ0n) is 15.1. The van der Waals surface area contributed by atoms with Crippen molar-refractivity contribution < 1.29 is 4.79 Å². The van der Waals surface area contributed by atoms with Crippen LogP contribution in [0.15, 0.2) is 18.2 Å². The van der Waals surface area contributed by atoms with Gasteiger partial charge < -0.3 is 0 Å². The standard InChI is InChI=1S/C8H7O.3C4H9.Sn/c1-7-2-4-8(6-9)5-3-7;3*1-3-4-2;/h2,4-6H,1H3;3*1,3-4H2,2H3;. The molecule has 0 bridgehead atoms. The first-order valence-electron chi connectivity index (χ1n) is 9.19. The Morgan fingerprint density at radius 3 is 1.82 bits per heavy atom. The molecule has 0 saturated carbocycles. The Hall–Kier alpha value is -0.311. The van der Waals surface area contributed by atoms with Crippen molar-refractivity contribution in [2.24, 2.45) is 0 Å². The predicted molar refractivity (Wildman–Crippen MR) is 101 cm³/mol. The molecule has 0 N–H and O–H groups in total. The summed E-state index contributed by atoms with van der Waals surface area (Å²) in [5.41, 5.74) is 2.33. The number of benzene rings is 1. The fourth-order valence-corrected chi connectivity index (χ4v) is 20.9. The molecule has 1 rings (SSSR count). The molecule has 0 amide bonds. The number of hydrogen-bond donors (Lipinski definition) is 0. The summed E-state index contributed by atoms with van der Waals surface area (Å²) in [5.74, 6) is 0. The van der Waals surface area contributed by atoms with Gasteiger partial charge in [-0.15, -0.1) is 0 Å². The molecule has 0 fully saturated rings. The molecule has 0 aliphatic carbocycles. The average Bonchev–Trinajstić information content (AvgIpc) is 2.55. The van der Waals surface area contributed by atoms with Gasteiger partial charge in [0, 0.05) is 0 Å². The first kappa shape index (κ1) is 19.7. The van der Waals surface area contributed by atoms with E-state index in [1.807, 2.05) is 6.07 Å². The zero-order chi connectivity index (χ0) is 16.4. The van der Waals surface area contributed by atoms with E-state index in [9.17, 15) is 4.79 Å². The van der Waals surface area contributed by atoms with Crippen molar-refractivity contribution in [2.45, 2.75) is 79.5 Å². The minimum atomic E-state index is -2.38. The second kappa shape index (κ2) is 10.5. The van der Waals surface area contributed by atoms with Crippen LogP contribution in [0, 0.1) is 6.92 Å². The van der Waals surface area contributed by atoms with Crippen molar-refractivity contribution >= 4 is 28.2 Å². The van der Waals surface area contributed by atoms with Gasteiger partial charge in [-0.2, -0.15) is 0 Å². The van der Waals surface area contributed by atoms with E-state index < -0.39 is 18.4 Å². The van der Waals surface area contributed by atoms with Crippen LogP contribution in [0.2, 0.25) is 13.3 Å². The number of aldehydes is 1. The molecule has 0 aromatic heterocycles. The molecule has 1 aromatic rings. The molecule has 0 unspecified atom stereocenters. The van der Waals surface area contributed by atoms with Crippen LogP contribution in [0.5, 0.6) is 0 Å². The fraction of sp³-hybridized carbons (Fsp3) is 0.650. The predicted octanol–water partition coefficient (Wildman–Crippen LogP) is 5.86. The van der Waals surface area contributed by atoms with Gasteiger partial charge in [0.2, 0.25) is 0 Å². The average molecular weight is 409 g/mol. The van der Waals surface area contributed by atoms with Gasteiger partial charge in [0.1, 0.15) is 0 Å². The Balaban J connectivity index is 3.26. The zero-order valence-corrected chi connectivity index (χ0v) is 17.9. The SMILES string of the molecule is CCC[CH2][Sn]([CH2]CCC)([CH2]CCC)[c]1cc(C=O)ccc1C. The summed E-state index contributed by atoms with van der Waals surface area (Å²) < 4.78 is 6.05. The Morgan fingerprint density at radius 2 is 1.41 bits per heavy atom. The van der Waals surface area contributed by atoms with Gasteiger partial charge in [0.25, 0.3) is 0 Å². The Labute approximate surface area is 141 Å². The van der Waals surface area contributed by atoms with Crippen LogP contribution in [-0.4, -0.2) is 24.7 Å². The molecular formula is C20H34OSn. The van der Waals surface area contributed by atoms with Crippen molar-refractivity contribution in [3.8, 4) is 0 Å². The Morgan fingerprint density at radius 1 is 0.909 bits per heavy atom. The number of carbonyl (C=O) groups excluding carboxylic acids is 1. The molecule has 0 heterocycles. The molecule has 0 spiro atoms. The third-order valence-electron chi connectivity index (χ3n) is 5.00. The summed E-state index contributed by atoms with van der Waals surface area (Å²) in [5, 5.41) is 0. The summed E-state index contributed by atoms with van der Waals surface area (Å²) >= 11 is -2.38. The van der Waals surface area contributed by atoms with E-state index in [1.54, 1.807) is 3.58 Å². The van der Waals surface area contributed by atoms with Crippen LogP contribution in [0.4, 0.5) is 0 Å². The second-order valence-corrected chi connectivity index (χ2v) is 19.9. The summed E-state index contributed by atoms with van der Waals surface area (Å²) in [6, 6.07) is 6.44. The van der Waals surface area contributed by atoms with E-state index in [2.05, 4.69) is 39.8 Å². The second-order valence-electron chi connectivity index (χ2n) is 6.78. The summed E-state index contributed by atoms with van der Waals surface area (Å²) in [6.45, 7) is 9.19. The third kappa shape index (κ3) is 5.40. The van der Waals surface area contributed by atoms with Crippen molar-refractivity contribution in [3.05, 3.63) is 29.3 Å². The minimum absolute atomic E-state index is 0.881. The molecule has 1 aromatic carbocycles. The molecule has 0 aliphatic rings. The molecule has 0 atom stereocenters. The van der Waals surface area contributed by atoms with Crippen LogP contribution in [0.1, 0.15) is 75.2 Å². The van der Waals surface area contributed by atoms with Gasteiger partial charge >= 0.3 is 142 Å². The normalized spacial score (nSPS) is 11.6. The van der Waals surface area contributed by atoms with Gasteiger partial charge in [-0.1, -0.05) is 0 Å². The molecule has 124 valence electrons. The number of unbranched alkanes of at least 4 members (excludes halogenated alkanes) is 3. The topological polar surface area (TPSA) is 17.1 Å². The number of rotatable bonds is 11. The van der Waals surface area contributed by atoms with Crippen molar-refractivity contribution in [3.63, 3.8) is 0 Å². The molecule has 22 heavy (non-hydrogen) atoms. The van der Waals surface area contributed by atoms with Crippen LogP contribution in [-0.2, 0) is 0 Å². The van der Waals surface area contributed by atoms with Crippen LogP contribution in [0.3, 0.4) is 0 Å². The Bertz CT molecular complexity index is 431. The summed E-state index contributed by atoms with van der Waals surface area (Å²) in [7, 11) is 0. The monoisotopic (exact) mass is 410 g/mol. The van der Waals surface area contributed by atoms with Crippen LogP contribution >= 0.6 is 0 Å². The molecule has 0 aliphatic heterocycles. The van der Waals surface area contributed by atoms with E-state index in [0.29, 0.717) is 0 Å². The quantitative estimate of drug-likeness (QED) is 0.330. The van der Waals surface area contributed by atoms with E-state index in [0.717, 1.165) is 11.8 Å². The van der Waals surface area contributed by atoms with Gasteiger partial charge in [0.05, 0.1) is 0 Å². The Kier molecular flexibility index (Phi) is 9.38. The molecule has 0 saturated heterocycles. The molecular weight excluding hydrogens is 375 g/mol. The van der Waals surface area contributed by atoms with Gasteiger partial charge in [-0.05, 0) is 0 Å². The maximum atomic E-state index is 11.3. The number of aryl methyl sites for hydroxylation is 1.